The van der Waals surface area contributed by atoms with Crippen molar-refractivity contribution in [1.29, 1.82) is 0 Å². The molecule has 0 atom stereocenters. The number of aryl methyl sites for hydroxylation is 2. The van der Waals surface area contributed by atoms with E-state index in [1.807, 2.05) is 18.2 Å². The Kier molecular flexibility index (Phi) is 2.77. The minimum Gasteiger partial charge on any atom is -0.397 e. The molecule has 0 aliphatic rings. The minimum atomic E-state index is 0.852. The maximum Gasteiger partial charge on any atom is 0.0713 e. The Morgan fingerprint density at radius 2 is 1.72 bits per heavy atom. The molecule has 0 spiro atoms. The van der Waals surface area contributed by atoms with Crippen molar-refractivity contribution in [3.63, 3.8) is 0 Å². The van der Waals surface area contributed by atoms with Crippen LogP contribution in [0.2, 0.25) is 0 Å². The van der Waals surface area contributed by atoms with Gasteiger partial charge in [0.25, 0.3) is 0 Å². The molecule has 0 fully saturated rings. The molecule has 18 heavy (non-hydrogen) atoms. The molecule has 2 aromatic carbocycles. The summed E-state index contributed by atoms with van der Waals surface area (Å²) < 4.78 is 2.23. The number of anilines is 1. The average Bonchev–Trinajstić information content (AvgIpc) is 2.82. The van der Waals surface area contributed by atoms with Gasteiger partial charge in [-0.25, -0.2) is 0 Å². The largest absolute Gasteiger partial charge is 0.397 e. The third kappa shape index (κ3) is 1.97. The lowest BCUT2D eigenvalue weighted by molar-refractivity contribution is 0.723. The highest BCUT2D eigenvalue weighted by molar-refractivity contribution is 5.90. The number of fused-ring (bicyclic) bond motifs is 1. The van der Waals surface area contributed by atoms with Crippen LogP contribution in [0.3, 0.4) is 0 Å². The van der Waals surface area contributed by atoms with Crippen molar-refractivity contribution >= 4 is 16.6 Å². The van der Waals surface area contributed by atoms with E-state index < -0.39 is 0 Å². The summed E-state index contributed by atoms with van der Waals surface area (Å²) in [5.41, 5.74) is 9.40. The van der Waals surface area contributed by atoms with Gasteiger partial charge in [-0.15, -0.1) is 0 Å². The van der Waals surface area contributed by atoms with E-state index in [1.165, 1.54) is 10.9 Å². The number of hydrogen-bond donors (Lipinski definition) is 1. The molecule has 90 valence electrons. The first kappa shape index (κ1) is 10.9. The van der Waals surface area contributed by atoms with Crippen LogP contribution in [0.1, 0.15) is 5.56 Å². The van der Waals surface area contributed by atoms with Gasteiger partial charge in [-0.2, -0.15) is 0 Å². The number of nitrogen functional groups attached to an aromatic ring is 1. The van der Waals surface area contributed by atoms with E-state index in [0.717, 1.165) is 24.2 Å². The Hall–Kier alpha value is -2.22. The molecule has 0 aliphatic heterocycles. The molecule has 1 aromatic heterocycles. The standard InChI is InChI=1S/C16H16N2/c17-15-8-4-7-14-10-12-18(16(14)15)11-9-13-5-2-1-3-6-13/h1-8,10,12H,9,11,17H2. The first-order chi connectivity index (χ1) is 8.84. The van der Waals surface area contributed by atoms with Crippen LogP contribution in [0.15, 0.2) is 60.8 Å². The van der Waals surface area contributed by atoms with Gasteiger partial charge in [0.05, 0.1) is 11.2 Å². The van der Waals surface area contributed by atoms with Crippen molar-refractivity contribution < 1.29 is 0 Å². The van der Waals surface area contributed by atoms with Crippen molar-refractivity contribution in [2.75, 3.05) is 5.73 Å². The molecule has 0 bridgehead atoms. The summed E-state index contributed by atoms with van der Waals surface area (Å²) in [5.74, 6) is 0. The van der Waals surface area contributed by atoms with Gasteiger partial charge in [-0.3, -0.25) is 0 Å². The summed E-state index contributed by atoms with van der Waals surface area (Å²) in [7, 11) is 0. The lowest BCUT2D eigenvalue weighted by Gasteiger charge is -2.07. The summed E-state index contributed by atoms with van der Waals surface area (Å²) in [6.07, 6.45) is 3.14. The summed E-state index contributed by atoms with van der Waals surface area (Å²) in [6.45, 7) is 0.960. The minimum absolute atomic E-state index is 0.852. The second-order valence-electron chi connectivity index (χ2n) is 4.53. The number of nitrogens with two attached hydrogens (primary N) is 1. The van der Waals surface area contributed by atoms with Crippen molar-refractivity contribution in [3.8, 4) is 0 Å². The van der Waals surface area contributed by atoms with Crippen LogP contribution in [0, 0.1) is 0 Å². The van der Waals surface area contributed by atoms with Gasteiger partial charge >= 0.3 is 0 Å². The van der Waals surface area contributed by atoms with Crippen molar-refractivity contribution in [3.05, 3.63) is 66.4 Å². The van der Waals surface area contributed by atoms with Gasteiger partial charge < -0.3 is 10.3 Å². The van der Waals surface area contributed by atoms with Crippen molar-refractivity contribution in [1.82, 2.24) is 4.57 Å². The molecule has 2 heteroatoms. The summed E-state index contributed by atoms with van der Waals surface area (Å²) >= 11 is 0. The smallest absolute Gasteiger partial charge is 0.0713 e. The zero-order valence-electron chi connectivity index (χ0n) is 10.2. The van der Waals surface area contributed by atoms with Crippen LogP contribution in [-0.2, 0) is 13.0 Å². The quantitative estimate of drug-likeness (QED) is 0.694. The fraction of sp³-hybridized carbons (Fsp3) is 0.125. The van der Waals surface area contributed by atoms with Gasteiger partial charge in [0.2, 0.25) is 0 Å². The molecule has 3 rings (SSSR count). The zero-order chi connectivity index (χ0) is 12.4. The molecule has 0 aliphatic carbocycles. The normalized spacial score (nSPS) is 10.9. The summed E-state index contributed by atoms with van der Waals surface area (Å²) in [6, 6.07) is 18.7. The monoisotopic (exact) mass is 236 g/mol. The second-order valence-corrected chi connectivity index (χ2v) is 4.53. The number of rotatable bonds is 3. The number of benzene rings is 2. The van der Waals surface area contributed by atoms with E-state index in [-0.39, 0.29) is 0 Å². The predicted molar refractivity (Wildman–Crippen MR) is 76.5 cm³/mol. The predicted octanol–water partition coefficient (Wildman–Crippen LogP) is 3.47. The topological polar surface area (TPSA) is 30.9 Å². The third-order valence-corrected chi connectivity index (χ3v) is 3.30. The van der Waals surface area contributed by atoms with Crippen molar-refractivity contribution in [2.24, 2.45) is 0 Å². The maximum absolute atomic E-state index is 6.05. The maximum atomic E-state index is 6.05. The molecular weight excluding hydrogens is 220 g/mol. The van der Waals surface area contributed by atoms with E-state index in [1.54, 1.807) is 0 Å². The molecule has 0 saturated heterocycles. The van der Waals surface area contributed by atoms with E-state index in [9.17, 15) is 0 Å². The number of aromatic nitrogens is 1. The number of hydrogen-bond acceptors (Lipinski definition) is 1. The zero-order valence-corrected chi connectivity index (χ0v) is 10.2. The number of para-hydroxylation sites is 1. The van der Waals surface area contributed by atoms with Gasteiger partial charge in [-0.1, -0.05) is 42.5 Å². The molecular formula is C16H16N2. The molecule has 0 radical (unpaired) electrons. The Labute approximate surface area is 107 Å². The lowest BCUT2D eigenvalue weighted by atomic mass is 10.1. The van der Waals surface area contributed by atoms with Gasteiger partial charge in [0, 0.05) is 18.1 Å². The van der Waals surface area contributed by atoms with E-state index in [2.05, 4.69) is 47.2 Å². The fourth-order valence-corrected chi connectivity index (χ4v) is 2.37. The second kappa shape index (κ2) is 4.57. The third-order valence-electron chi connectivity index (χ3n) is 3.30. The van der Waals surface area contributed by atoms with Gasteiger partial charge in [0.15, 0.2) is 0 Å². The van der Waals surface area contributed by atoms with Crippen LogP contribution in [0.25, 0.3) is 10.9 Å². The van der Waals surface area contributed by atoms with Crippen LogP contribution in [0.5, 0.6) is 0 Å². The first-order valence-electron chi connectivity index (χ1n) is 6.22. The Balaban J connectivity index is 1.87. The highest BCUT2D eigenvalue weighted by Gasteiger charge is 2.03. The van der Waals surface area contributed by atoms with E-state index >= 15 is 0 Å². The summed E-state index contributed by atoms with van der Waals surface area (Å²) in [5, 5.41) is 1.21. The molecule has 2 nitrogen and oxygen atoms in total. The van der Waals surface area contributed by atoms with Crippen LogP contribution >= 0.6 is 0 Å². The van der Waals surface area contributed by atoms with Gasteiger partial charge in [0.1, 0.15) is 0 Å². The average molecular weight is 236 g/mol. The molecule has 3 aromatic rings. The molecule has 0 saturated carbocycles. The van der Waals surface area contributed by atoms with Gasteiger partial charge in [-0.05, 0) is 24.1 Å². The highest BCUT2D eigenvalue weighted by atomic mass is 15.0. The van der Waals surface area contributed by atoms with E-state index in [0.29, 0.717) is 0 Å². The molecule has 0 amide bonds. The molecule has 1 heterocycles. The van der Waals surface area contributed by atoms with E-state index in [4.69, 9.17) is 5.73 Å². The Morgan fingerprint density at radius 3 is 2.56 bits per heavy atom. The van der Waals surface area contributed by atoms with Crippen LogP contribution < -0.4 is 5.73 Å². The van der Waals surface area contributed by atoms with Crippen LogP contribution in [0.4, 0.5) is 5.69 Å². The fourth-order valence-electron chi connectivity index (χ4n) is 2.37. The number of nitrogens with zero attached hydrogens (tertiary/aromatic N) is 1. The Morgan fingerprint density at radius 1 is 0.889 bits per heavy atom. The highest BCUT2D eigenvalue weighted by Crippen LogP contribution is 2.22. The van der Waals surface area contributed by atoms with Crippen LogP contribution in [-0.4, -0.2) is 4.57 Å². The SMILES string of the molecule is Nc1cccc2ccn(CCc3ccccc3)c12. The Bertz CT molecular complexity index is 653. The van der Waals surface area contributed by atoms with Crippen molar-refractivity contribution in [2.45, 2.75) is 13.0 Å². The lowest BCUT2D eigenvalue weighted by Crippen LogP contribution is -2.01. The summed E-state index contributed by atoms with van der Waals surface area (Å²) in [4.78, 5) is 0. The first-order valence-corrected chi connectivity index (χ1v) is 6.22. The molecule has 0 unspecified atom stereocenters. The molecule has 2 N–H and O–H groups in total.